The number of nitrogens with zero attached hydrogens (tertiary/aromatic N) is 1. The minimum Gasteiger partial charge on any atom is -0.258 e. The van der Waals surface area contributed by atoms with Gasteiger partial charge in [0.1, 0.15) is 0 Å². The smallest absolute Gasteiger partial charge is 0.258 e. The molecule has 0 bridgehead atoms. The summed E-state index contributed by atoms with van der Waals surface area (Å²) in [4.78, 5) is 10.2. The van der Waals surface area contributed by atoms with Crippen LogP contribution in [0.15, 0.2) is 12.1 Å². The van der Waals surface area contributed by atoms with Gasteiger partial charge in [-0.15, -0.1) is 11.6 Å². The van der Waals surface area contributed by atoms with Gasteiger partial charge in [-0.05, 0) is 25.0 Å². The first kappa shape index (κ1) is 13.9. The number of nitro benzene ring substituents is 1. The first-order chi connectivity index (χ1) is 7.06. The maximum Gasteiger partial charge on any atom is 0.272 e. The van der Waals surface area contributed by atoms with Gasteiger partial charge in [0.2, 0.25) is 0 Å². The van der Waals surface area contributed by atoms with Crippen LogP contribution in [0.2, 0.25) is 0 Å². The second-order valence-electron chi connectivity index (χ2n) is 2.96. The molecule has 4 heteroatoms. The van der Waals surface area contributed by atoms with Gasteiger partial charge in [-0.25, -0.2) is 0 Å². The van der Waals surface area contributed by atoms with Gasteiger partial charge < -0.3 is 0 Å². The molecule has 0 unspecified atom stereocenters. The molecule has 0 amide bonds. The summed E-state index contributed by atoms with van der Waals surface area (Å²) in [6.45, 7) is 7.54. The molecule has 0 spiro atoms. The van der Waals surface area contributed by atoms with Gasteiger partial charge in [-0.3, -0.25) is 10.1 Å². The normalized spacial score (nSPS) is 9.13. The zero-order chi connectivity index (χ0) is 12.0. The molecule has 1 aromatic carbocycles. The van der Waals surface area contributed by atoms with Gasteiger partial charge >= 0.3 is 0 Å². The summed E-state index contributed by atoms with van der Waals surface area (Å²) in [6.07, 6.45) is 0. The lowest BCUT2D eigenvalue weighted by atomic mass is 10.0. The summed E-state index contributed by atoms with van der Waals surface area (Å²) in [5.74, 6) is 0.314. The van der Waals surface area contributed by atoms with Crippen LogP contribution in [0, 0.1) is 24.0 Å². The SMILES string of the molecule is CC.Cc1cc(CCl)c(C)c([N+](=O)[O-])c1. The fourth-order valence-corrected chi connectivity index (χ4v) is 1.52. The summed E-state index contributed by atoms with van der Waals surface area (Å²) in [6, 6.07) is 3.43. The van der Waals surface area contributed by atoms with E-state index in [0.717, 1.165) is 11.1 Å². The molecule has 1 aromatic rings. The zero-order valence-electron chi connectivity index (χ0n) is 9.50. The first-order valence-electron chi connectivity index (χ1n) is 4.86. The predicted molar refractivity (Wildman–Crippen MR) is 63.5 cm³/mol. The molecule has 1 rings (SSSR count). The highest BCUT2D eigenvalue weighted by Crippen LogP contribution is 2.24. The molecule has 0 atom stereocenters. The third-order valence-corrected chi connectivity index (χ3v) is 2.26. The van der Waals surface area contributed by atoms with E-state index in [1.165, 1.54) is 0 Å². The quantitative estimate of drug-likeness (QED) is 0.437. The van der Waals surface area contributed by atoms with E-state index in [1.807, 2.05) is 26.8 Å². The van der Waals surface area contributed by atoms with Crippen LogP contribution in [-0.2, 0) is 5.88 Å². The van der Waals surface area contributed by atoms with Crippen molar-refractivity contribution in [2.24, 2.45) is 0 Å². The molecule has 0 N–H and O–H groups in total. The Morgan fingerprint density at radius 3 is 2.27 bits per heavy atom. The topological polar surface area (TPSA) is 43.1 Å². The lowest BCUT2D eigenvalue weighted by Gasteiger charge is -2.04. The summed E-state index contributed by atoms with van der Waals surface area (Å²) in [5.41, 5.74) is 2.50. The third kappa shape index (κ3) is 3.51. The number of benzene rings is 1. The molecule has 3 nitrogen and oxygen atoms in total. The van der Waals surface area contributed by atoms with Gasteiger partial charge in [0.25, 0.3) is 5.69 Å². The average molecular weight is 230 g/mol. The number of nitro groups is 1. The van der Waals surface area contributed by atoms with Crippen molar-refractivity contribution in [1.29, 1.82) is 0 Å². The highest BCUT2D eigenvalue weighted by Gasteiger charge is 2.13. The average Bonchev–Trinajstić information content (AvgIpc) is 2.23. The standard InChI is InChI=1S/C9H10ClNO2.C2H6/c1-6-3-8(5-10)7(2)9(4-6)11(12)13;1-2/h3-4H,5H2,1-2H3;1-2H3. The second kappa shape index (κ2) is 6.40. The van der Waals surface area contributed by atoms with Crippen LogP contribution in [0.3, 0.4) is 0 Å². The van der Waals surface area contributed by atoms with E-state index in [2.05, 4.69) is 0 Å². The van der Waals surface area contributed by atoms with E-state index < -0.39 is 0 Å². The number of aryl methyl sites for hydroxylation is 1. The Kier molecular flexibility index (Phi) is 5.94. The molecular formula is C11H16ClNO2. The Balaban J connectivity index is 0.000000921. The van der Waals surface area contributed by atoms with E-state index in [1.54, 1.807) is 13.0 Å². The fourth-order valence-electron chi connectivity index (χ4n) is 1.24. The van der Waals surface area contributed by atoms with Crippen molar-refractivity contribution in [3.63, 3.8) is 0 Å². The van der Waals surface area contributed by atoms with E-state index in [0.29, 0.717) is 11.4 Å². The summed E-state index contributed by atoms with van der Waals surface area (Å²) < 4.78 is 0. The van der Waals surface area contributed by atoms with Crippen molar-refractivity contribution in [2.75, 3.05) is 0 Å². The number of alkyl halides is 1. The molecule has 0 saturated heterocycles. The van der Waals surface area contributed by atoms with Crippen molar-refractivity contribution in [2.45, 2.75) is 33.6 Å². The van der Waals surface area contributed by atoms with Crippen LogP contribution < -0.4 is 0 Å². The van der Waals surface area contributed by atoms with Gasteiger partial charge in [-0.2, -0.15) is 0 Å². The van der Waals surface area contributed by atoms with Crippen LogP contribution in [0.5, 0.6) is 0 Å². The molecule has 0 aliphatic heterocycles. The summed E-state index contributed by atoms with van der Waals surface area (Å²) >= 11 is 5.66. The number of hydrogen-bond donors (Lipinski definition) is 0. The molecule has 0 aromatic heterocycles. The fraction of sp³-hybridized carbons (Fsp3) is 0.455. The van der Waals surface area contributed by atoms with E-state index in [-0.39, 0.29) is 10.6 Å². The number of rotatable bonds is 2. The Morgan fingerprint density at radius 2 is 1.87 bits per heavy atom. The zero-order valence-corrected chi connectivity index (χ0v) is 10.3. The minimum atomic E-state index is -0.377. The van der Waals surface area contributed by atoms with Crippen molar-refractivity contribution in [3.05, 3.63) is 38.9 Å². The molecule has 0 fully saturated rings. The van der Waals surface area contributed by atoms with Crippen molar-refractivity contribution < 1.29 is 4.92 Å². The Labute approximate surface area is 95.2 Å². The first-order valence-corrected chi connectivity index (χ1v) is 5.40. The van der Waals surface area contributed by atoms with Crippen LogP contribution >= 0.6 is 11.6 Å². The van der Waals surface area contributed by atoms with E-state index in [4.69, 9.17) is 11.6 Å². The second-order valence-corrected chi connectivity index (χ2v) is 3.23. The Morgan fingerprint density at radius 1 is 1.33 bits per heavy atom. The maximum absolute atomic E-state index is 10.6. The van der Waals surface area contributed by atoms with Crippen molar-refractivity contribution in [3.8, 4) is 0 Å². The maximum atomic E-state index is 10.6. The van der Waals surface area contributed by atoms with Gasteiger partial charge in [0.05, 0.1) is 4.92 Å². The van der Waals surface area contributed by atoms with Crippen LogP contribution in [0.1, 0.15) is 30.5 Å². The van der Waals surface area contributed by atoms with Crippen LogP contribution in [0.4, 0.5) is 5.69 Å². The lowest BCUT2D eigenvalue weighted by molar-refractivity contribution is -0.385. The molecule has 0 aliphatic carbocycles. The largest absolute Gasteiger partial charge is 0.272 e. The van der Waals surface area contributed by atoms with Crippen LogP contribution in [0.25, 0.3) is 0 Å². The monoisotopic (exact) mass is 229 g/mol. The molecule has 0 radical (unpaired) electrons. The highest BCUT2D eigenvalue weighted by atomic mass is 35.5. The summed E-state index contributed by atoms with van der Waals surface area (Å²) in [7, 11) is 0. The van der Waals surface area contributed by atoms with E-state index >= 15 is 0 Å². The molecule has 0 saturated carbocycles. The third-order valence-electron chi connectivity index (χ3n) is 1.97. The highest BCUT2D eigenvalue weighted by molar-refractivity contribution is 6.17. The minimum absolute atomic E-state index is 0.149. The molecular weight excluding hydrogens is 214 g/mol. The Bertz CT molecular complexity index is 351. The number of halogens is 1. The molecule has 84 valence electrons. The Hall–Kier alpha value is -1.09. The molecule has 0 aliphatic rings. The summed E-state index contributed by atoms with van der Waals surface area (Å²) in [5, 5.41) is 10.6. The van der Waals surface area contributed by atoms with E-state index in [9.17, 15) is 10.1 Å². The number of hydrogen-bond acceptors (Lipinski definition) is 2. The van der Waals surface area contributed by atoms with Crippen molar-refractivity contribution >= 4 is 17.3 Å². The van der Waals surface area contributed by atoms with Gasteiger partial charge in [0.15, 0.2) is 0 Å². The van der Waals surface area contributed by atoms with Crippen LogP contribution in [-0.4, -0.2) is 4.92 Å². The van der Waals surface area contributed by atoms with Gasteiger partial charge in [0, 0.05) is 17.5 Å². The van der Waals surface area contributed by atoms with Crippen molar-refractivity contribution in [1.82, 2.24) is 0 Å². The lowest BCUT2D eigenvalue weighted by Crippen LogP contribution is -1.96. The van der Waals surface area contributed by atoms with Gasteiger partial charge in [-0.1, -0.05) is 19.9 Å². The predicted octanol–water partition coefficient (Wildman–Crippen LogP) is 3.98. The molecule has 0 heterocycles. The molecule has 15 heavy (non-hydrogen) atoms.